The van der Waals surface area contributed by atoms with E-state index in [1.807, 2.05) is 30.3 Å². The Bertz CT molecular complexity index is 930. The molecule has 0 aromatic heterocycles. The van der Waals surface area contributed by atoms with Gasteiger partial charge in [-0.1, -0.05) is 40.2 Å². The van der Waals surface area contributed by atoms with Gasteiger partial charge in [-0.05, 0) is 63.6 Å². The first-order chi connectivity index (χ1) is 12.4. The zero-order chi connectivity index (χ0) is 18.7. The van der Waals surface area contributed by atoms with Crippen molar-refractivity contribution < 1.29 is 14.4 Å². The lowest BCUT2D eigenvalue weighted by molar-refractivity contribution is -0.127. The van der Waals surface area contributed by atoms with Crippen LogP contribution in [-0.4, -0.2) is 28.5 Å². The van der Waals surface area contributed by atoms with E-state index >= 15 is 0 Å². The van der Waals surface area contributed by atoms with Gasteiger partial charge in [0.2, 0.25) is 5.91 Å². The van der Waals surface area contributed by atoms with Crippen molar-refractivity contribution in [3.8, 4) is 0 Å². The monoisotopic (exact) mass is 494 g/mol. The molecule has 0 atom stereocenters. The molecule has 1 aliphatic heterocycles. The Morgan fingerprint density at radius 3 is 2.62 bits per heavy atom. The second kappa shape index (κ2) is 8.20. The largest absolute Gasteiger partial charge is 0.324 e. The van der Waals surface area contributed by atoms with Crippen molar-refractivity contribution in [3.63, 3.8) is 0 Å². The average Bonchev–Trinajstić information content (AvgIpc) is 2.84. The van der Waals surface area contributed by atoms with Gasteiger partial charge in [-0.15, -0.1) is 0 Å². The molecule has 1 N–H and O–H groups in total. The Labute approximate surface area is 171 Å². The molecule has 8 heteroatoms. The second-order valence-electron chi connectivity index (χ2n) is 5.35. The third-order valence-electron chi connectivity index (χ3n) is 3.47. The van der Waals surface area contributed by atoms with E-state index < -0.39 is 17.1 Å². The fraction of sp³-hybridized carbons (Fsp3) is 0.0556. The first-order valence-electron chi connectivity index (χ1n) is 7.49. The number of hydrogen-bond acceptors (Lipinski definition) is 4. The Morgan fingerprint density at radius 1 is 1.12 bits per heavy atom. The van der Waals surface area contributed by atoms with Crippen LogP contribution in [0.1, 0.15) is 5.56 Å². The summed E-state index contributed by atoms with van der Waals surface area (Å²) in [5.74, 6) is -0.912. The number of benzene rings is 2. The highest BCUT2D eigenvalue weighted by molar-refractivity contribution is 9.10. The minimum absolute atomic E-state index is 0.293. The fourth-order valence-corrected chi connectivity index (χ4v) is 3.92. The van der Waals surface area contributed by atoms with Gasteiger partial charge in [0.25, 0.3) is 11.1 Å². The van der Waals surface area contributed by atoms with Crippen molar-refractivity contribution in [2.45, 2.75) is 0 Å². The highest BCUT2D eigenvalue weighted by Crippen LogP contribution is 2.32. The van der Waals surface area contributed by atoms with Crippen LogP contribution in [0.15, 0.2) is 62.4 Å². The van der Waals surface area contributed by atoms with Gasteiger partial charge in [-0.2, -0.15) is 0 Å². The van der Waals surface area contributed by atoms with Crippen molar-refractivity contribution in [3.05, 3.63) is 67.9 Å². The summed E-state index contributed by atoms with van der Waals surface area (Å²) in [5.41, 5.74) is 1.37. The number of hydrogen-bond donors (Lipinski definition) is 1. The van der Waals surface area contributed by atoms with E-state index in [-0.39, 0.29) is 6.54 Å². The maximum atomic E-state index is 12.5. The summed E-state index contributed by atoms with van der Waals surface area (Å²) in [6.45, 7) is -0.332. The standard InChI is InChI=1S/C18H12Br2N2O3S/c19-12-5-3-4-11(8-12)9-15-17(24)22(18(25)26-15)10-16(23)21-14-7-2-1-6-13(14)20/h1-9H,10H2,(H,21,23)/b15-9+. The number of halogens is 2. The SMILES string of the molecule is O=C(CN1C(=O)S/C(=C/c2cccc(Br)c2)C1=O)Nc1ccccc1Br. The van der Waals surface area contributed by atoms with Crippen LogP contribution in [0.3, 0.4) is 0 Å². The highest BCUT2D eigenvalue weighted by atomic mass is 79.9. The number of rotatable bonds is 4. The molecule has 3 amide bonds. The predicted molar refractivity (Wildman–Crippen MR) is 110 cm³/mol. The van der Waals surface area contributed by atoms with Crippen molar-refractivity contribution in [1.29, 1.82) is 0 Å². The molecule has 132 valence electrons. The van der Waals surface area contributed by atoms with Crippen LogP contribution in [0.25, 0.3) is 6.08 Å². The van der Waals surface area contributed by atoms with E-state index in [9.17, 15) is 14.4 Å². The van der Waals surface area contributed by atoms with Crippen LogP contribution in [0.2, 0.25) is 0 Å². The van der Waals surface area contributed by atoms with E-state index in [2.05, 4.69) is 37.2 Å². The van der Waals surface area contributed by atoms with E-state index in [1.165, 1.54) is 0 Å². The number of para-hydroxylation sites is 1. The molecule has 0 saturated carbocycles. The molecule has 1 saturated heterocycles. The molecule has 1 aliphatic rings. The first kappa shape index (κ1) is 18.9. The van der Waals surface area contributed by atoms with Gasteiger partial charge in [-0.25, -0.2) is 0 Å². The Kier molecular flexibility index (Phi) is 5.95. The lowest BCUT2D eigenvalue weighted by atomic mass is 10.2. The van der Waals surface area contributed by atoms with Crippen LogP contribution < -0.4 is 5.32 Å². The maximum absolute atomic E-state index is 12.5. The minimum atomic E-state index is -0.470. The van der Waals surface area contributed by atoms with E-state index in [0.29, 0.717) is 10.6 Å². The van der Waals surface area contributed by atoms with Gasteiger partial charge in [0.1, 0.15) is 6.54 Å². The predicted octanol–water partition coefficient (Wildman–Crippen LogP) is 4.89. The third kappa shape index (κ3) is 4.44. The molecular weight excluding hydrogens is 484 g/mol. The summed E-state index contributed by atoms with van der Waals surface area (Å²) >= 11 is 7.53. The molecular formula is C18H12Br2N2O3S. The number of carbonyl (C=O) groups excluding carboxylic acids is 3. The number of amides is 3. The molecule has 3 rings (SSSR count). The lowest BCUT2D eigenvalue weighted by Crippen LogP contribution is -2.36. The Balaban J connectivity index is 1.71. The van der Waals surface area contributed by atoms with Crippen LogP contribution in [0, 0.1) is 0 Å². The number of nitrogens with zero attached hydrogens (tertiary/aromatic N) is 1. The van der Waals surface area contributed by atoms with Crippen LogP contribution >= 0.6 is 43.6 Å². The maximum Gasteiger partial charge on any atom is 0.294 e. The summed E-state index contributed by atoms with van der Waals surface area (Å²) in [6.07, 6.45) is 1.64. The highest BCUT2D eigenvalue weighted by Gasteiger charge is 2.36. The van der Waals surface area contributed by atoms with Gasteiger partial charge in [0, 0.05) is 8.95 Å². The smallest absolute Gasteiger partial charge is 0.294 e. The van der Waals surface area contributed by atoms with Crippen molar-refractivity contribution >= 4 is 72.4 Å². The molecule has 1 heterocycles. The minimum Gasteiger partial charge on any atom is -0.324 e. The first-order valence-corrected chi connectivity index (χ1v) is 9.89. The number of anilines is 1. The molecule has 0 spiro atoms. The van der Waals surface area contributed by atoms with Gasteiger partial charge in [0.05, 0.1) is 10.6 Å². The van der Waals surface area contributed by atoms with Gasteiger partial charge < -0.3 is 5.32 Å². The summed E-state index contributed by atoms with van der Waals surface area (Å²) in [7, 11) is 0. The quantitative estimate of drug-likeness (QED) is 0.613. The molecule has 0 radical (unpaired) electrons. The fourth-order valence-electron chi connectivity index (χ4n) is 2.28. The van der Waals surface area contributed by atoms with Crippen LogP contribution in [-0.2, 0) is 9.59 Å². The van der Waals surface area contributed by atoms with E-state index in [4.69, 9.17) is 0 Å². The molecule has 5 nitrogen and oxygen atoms in total. The summed E-state index contributed by atoms with van der Waals surface area (Å²) < 4.78 is 1.59. The second-order valence-corrected chi connectivity index (χ2v) is 8.11. The Hall–Kier alpha value is -1.90. The normalized spacial score (nSPS) is 15.6. The van der Waals surface area contributed by atoms with Gasteiger partial charge >= 0.3 is 0 Å². The molecule has 1 fully saturated rings. The summed E-state index contributed by atoms with van der Waals surface area (Å²) in [5, 5.41) is 2.22. The van der Waals surface area contributed by atoms with Crippen LogP contribution in [0.5, 0.6) is 0 Å². The lowest BCUT2D eigenvalue weighted by Gasteiger charge is -2.13. The summed E-state index contributed by atoms with van der Waals surface area (Å²) in [4.78, 5) is 38.1. The molecule has 0 unspecified atom stereocenters. The average molecular weight is 496 g/mol. The van der Waals surface area contributed by atoms with Crippen molar-refractivity contribution in [1.82, 2.24) is 4.90 Å². The number of imide groups is 1. The topological polar surface area (TPSA) is 66.5 Å². The molecule has 26 heavy (non-hydrogen) atoms. The molecule has 0 aliphatic carbocycles. The molecule has 2 aromatic carbocycles. The van der Waals surface area contributed by atoms with E-state index in [0.717, 1.165) is 31.2 Å². The molecule has 0 bridgehead atoms. The molecule has 2 aromatic rings. The third-order valence-corrected chi connectivity index (χ3v) is 5.56. The zero-order valence-corrected chi connectivity index (χ0v) is 17.2. The Morgan fingerprint density at radius 2 is 1.88 bits per heavy atom. The van der Waals surface area contributed by atoms with E-state index in [1.54, 1.807) is 24.3 Å². The number of carbonyl (C=O) groups is 3. The van der Waals surface area contributed by atoms with Crippen molar-refractivity contribution in [2.75, 3.05) is 11.9 Å². The van der Waals surface area contributed by atoms with Crippen molar-refractivity contribution in [2.24, 2.45) is 0 Å². The van der Waals surface area contributed by atoms with Gasteiger partial charge in [0.15, 0.2) is 0 Å². The van der Waals surface area contributed by atoms with Crippen LogP contribution in [0.4, 0.5) is 10.5 Å². The zero-order valence-electron chi connectivity index (χ0n) is 13.2. The van der Waals surface area contributed by atoms with Gasteiger partial charge in [-0.3, -0.25) is 19.3 Å². The summed E-state index contributed by atoms with van der Waals surface area (Å²) in [6, 6.07) is 14.5. The number of nitrogens with one attached hydrogen (secondary N) is 1. The number of thioether (sulfide) groups is 1.